The Kier molecular flexibility index (Phi) is 4.84. The van der Waals surface area contributed by atoms with Crippen LogP contribution >= 0.6 is 0 Å². The van der Waals surface area contributed by atoms with Crippen molar-refractivity contribution in [2.45, 2.75) is 25.8 Å². The van der Waals surface area contributed by atoms with Crippen molar-refractivity contribution in [3.8, 4) is 0 Å². The van der Waals surface area contributed by atoms with Crippen LogP contribution in [0.3, 0.4) is 0 Å². The van der Waals surface area contributed by atoms with Gasteiger partial charge in [0.2, 0.25) is 5.91 Å². The van der Waals surface area contributed by atoms with Crippen LogP contribution in [0.4, 0.5) is 0 Å². The molecule has 0 radical (unpaired) electrons. The Morgan fingerprint density at radius 3 is 2.67 bits per heavy atom. The summed E-state index contributed by atoms with van der Waals surface area (Å²) in [6.45, 7) is 2.60. The van der Waals surface area contributed by atoms with E-state index in [1.54, 1.807) is 6.92 Å². The molecule has 0 aromatic heterocycles. The smallest absolute Gasteiger partial charge is 0.234 e. The van der Waals surface area contributed by atoms with E-state index in [1.165, 1.54) is 5.56 Å². The lowest BCUT2D eigenvalue weighted by molar-refractivity contribution is -0.119. The number of aryl methyl sites for hydroxylation is 1. The fourth-order valence-corrected chi connectivity index (χ4v) is 1.36. The Balaban J connectivity index is 2.15. The second kappa shape index (κ2) is 6.19. The molecule has 1 atom stereocenters. The maximum absolute atomic E-state index is 10.7. The van der Waals surface area contributed by atoms with Crippen LogP contribution in [0.2, 0.25) is 0 Å². The molecule has 3 N–H and O–H groups in total. The van der Waals surface area contributed by atoms with Crippen molar-refractivity contribution in [1.82, 2.24) is 5.32 Å². The summed E-state index contributed by atoms with van der Waals surface area (Å²) in [6.07, 6.45) is 2.04. The number of carbonyl (C=O) groups is 1. The van der Waals surface area contributed by atoms with E-state index in [1.807, 2.05) is 18.2 Å². The molecule has 0 aliphatic carbocycles. The zero-order valence-electron chi connectivity index (χ0n) is 9.07. The normalized spacial score (nSPS) is 12.3. The van der Waals surface area contributed by atoms with Crippen molar-refractivity contribution in [3.05, 3.63) is 35.9 Å². The average Bonchev–Trinajstić information content (AvgIpc) is 2.25. The number of primary amides is 1. The van der Waals surface area contributed by atoms with Crippen LogP contribution in [-0.4, -0.2) is 18.5 Å². The van der Waals surface area contributed by atoms with Gasteiger partial charge in [-0.05, 0) is 31.9 Å². The van der Waals surface area contributed by atoms with Crippen LogP contribution in [-0.2, 0) is 11.2 Å². The van der Waals surface area contributed by atoms with E-state index in [9.17, 15) is 4.79 Å². The van der Waals surface area contributed by atoms with E-state index in [-0.39, 0.29) is 11.9 Å². The van der Waals surface area contributed by atoms with Gasteiger partial charge in [0.25, 0.3) is 0 Å². The number of nitrogens with two attached hydrogens (primary N) is 1. The van der Waals surface area contributed by atoms with E-state index in [4.69, 9.17) is 5.73 Å². The molecule has 0 unspecified atom stereocenters. The van der Waals surface area contributed by atoms with Crippen LogP contribution < -0.4 is 11.1 Å². The summed E-state index contributed by atoms with van der Waals surface area (Å²) in [5, 5.41) is 3.08. The number of hydrogen-bond acceptors (Lipinski definition) is 2. The Morgan fingerprint density at radius 1 is 1.40 bits per heavy atom. The van der Waals surface area contributed by atoms with Crippen molar-refractivity contribution >= 4 is 5.91 Å². The third-order valence-electron chi connectivity index (χ3n) is 2.36. The van der Waals surface area contributed by atoms with Crippen molar-refractivity contribution < 1.29 is 4.79 Å². The Labute approximate surface area is 90.7 Å². The highest BCUT2D eigenvalue weighted by Crippen LogP contribution is 2.01. The van der Waals surface area contributed by atoms with Gasteiger partial charge in [-0.3, -0.25) is 4.79 Å². The van der Waals surface area contributed by atoms with Crippen molar-refractivity contribution in [2.24, 2.45) is 5.73 Å². The number of hydrogen-bond donors (Lipinski definition) is 2. The van der Waals surface area contributed by atoms with Crippen LogP contribution in [0.5, 0.6) is 0 Å². The monoisotopic (exact) mass is 206 g/mol. The van der Waals surface area contributed by atoms with Crippen molar-refractivity contribution in [3.63, 3.8) is 0 Å². The van der Waals surface area contributed by atoms with Gasteiger partial charge in [-0.15, -0.1) is 0 Å². The largest absolute Gasteiger partial charge is 0.368 e. The minimum absolute atomic E-state index is 0.235. The summed E-state index contributed by atoms with van der Waals surface area (Å²) in [6, 6.07) is 10.1. The molecule has 1 aromatic rings. The fourth-order valence-electron chi connectivity index (χ4n) is 1.36. The SMILES string of the molecule is C[C@@H](NCCCc1ccccc1)C(N)=O. The standard InChI is InChI=1S/C12H18N2O/c1-10(12(13)15)14-9-5-8-11-6-3-2-4-7-11/h2-4,6-7,10,14H,5,8-9H2,1H3,(H2,13,15)/t10-/m1/s1. The van der Waals surface area contributed by atoms with E-state index >= 15 is 0 Å². The summed E-state index contributed by atoms with van der Waals surface area (Å²) < 4.78 is 0. The first-order valence-electron chi connectivity index (χ1n) is 5.27. The highest BCUT2D eigenvalue weighted by molar-refractivity contribution is 5.79. The van der Waals surface area contributed by atoms with Gasteiger partial charge in [-0.2, -0.15) is 0 Å². The van der Waals surface area contributed by atoms with Gasteiger partial charge < -0.3 is 11.1 Å². The molecule has 1 amide bonds. The molecule has 15 heavy (non-hydrogen) atoms. The molecule has 0 heterocycles. The first-order valence-corrected chi connectivity index (χ1v) is 5.27. The lowest BCUT2D eigenvalue weighted by Gasteiger charge is -2.09. The number of rotatable bonds is 6. The number of carbonyl (C=O) groups excluding carboxylic acids is 1. The third kappa shape index (κ3) is 4.61. The molecule has 82 valence electrons. The van der Waals surface area contributed by atoms with E-state index in [2.05, 4.69) is 17.4 Å². The second-order valence-electron chi connectivity index (χ2n) is 3.67. The maximum atomic E-state index is 10.7. The number of benzene rings is 1. The van der Waals surface area contributed by atoms with Crippen molar-refractivity contribution in [1.29, 1.82) is 0 Å². The predicted molar refractivity (Wildman–Crippen MR) is 61.4 cm³/mol. The van der Waals surface area contributed by atoms with E-state index in [0.717, 1.165) is 19.4 Å². The predicted octanol–water partition coefficient (Wildman–Crippen LogP) is 1.08. The van der Waals surface area contributed by atoms with Crippen LogP contribution in [0.25, 0.3) is 0 Å². The molecule has 0 fully saturated rings. The van der Waals surface area contributed by atoms with Crippen LogP contribution in [0.15, 0.2) is 30.3 Å². The fraction of sp³-hybridized carbons (Fsp3) is 0.417. The molecule has 0 aliphatic rings. The molecule has 3 nitrogen and oxygen atoms in total. The molecular formula is C12H18N2O. The third-order valence-corrected chi connectivity index (χ3v) is 2.36. The summed E-state index contributed by atoms with van der Waals surface area (Å²) in [5.74, 6) is -0.297. The van der Waals surface area contributed by atoms with E-state index < -0.39 is 0 Å². The maximum Gasteiger partial charge on any atom is 0.234 e. The van der Waals surface area contributed by atoms with Crippen molar-refractivity contribution in [2.75, 3.05) is 6.54 Å². The van der Waals surface area contributed by atoms with Gasteiger partial charge >= 0.3 is 0 Å². The number of amides is 1. The molecule has 0 saturated carbocycles. The van der Waals surface area contributed by atoms with Gasteiger partial charge in [-0.1, -0.05) is 30.3 Å². The summed E-state index contributed by atoms with van der Waals surface area (Å²) in [7, 11) is 0. The topological polar surface area (TPSA) is 55.1 Å². The molecule has 1 aromatic carbocycles. The van der Waals surface area contributed by atoms with Crippen LogP contribution in [0.1, 0.15) is 18.9 Å². The first kappa shape index (κ1) is 11.7. The Hall–Kier alpha value is -1.35. The molecular weight excluding hydrogens is 188 g/mol. The molecule has 1 rings (SSSR count). The molecule has 0 saturated heterocycles. The summed E-state index contributed by atoms with van der Waals surface area (Å²) >= 11 is 0. The van der Waals surface area contributed by atoms with Crippen LogP contribution in [0, 0.1) is 0 Å². The van der Waals surface area contributed by atoms with Gasteiger partial charge in [-0.25, -0.2) is 0 Å². The molecule has 0 bridgehead atoms. The zero-order valence-corrected chi connectivity index (χ0v) is 9.07. The lowest BCUT2D eigenvalue weighted by Crippen LogP contribution is -2.39. The van der Waals surface area contributed by atoms with E-state index in [0.29, 0.717) is 0 Å². The molecule has 3 heteroatoms. The van der Waals surface area contributed by atoms with Gasteiger partial charge in [0, 0.05) is 0 Å². The quantitative estimate of drug-likeness (QED) is 0.684. The van der Waals surface area contributed by atoms with Gasteiger partial charge in [0.15, 0.2) is 0 Å². The Morgan fingerprint density at radius 2 is 2.07 bits per heavy atom. The summed E-state index contributed by atoms with van der Waals surface area (Å²) in [4.78, 5) is 10.7. The highest BCUT2D eigenvalue weighted by atomic mass is 16.1. The highest BCUT2D eigenvalue weighted by Gasteiger charge is 2.05. The van der Waals surface area contributed by atoms with Gasteiger partial charge in [0.05, 0.1) is 6.04 Å². The lowest BCUT2D eigenvalue weighted by atomic mass is 10.1. The molecule has 0 aliphatic heterocycles. The molecule has 0 spiro atoms. The number of nitrogens with one attached hydrogen (secondary N) is 1. The Bertz CT molecular complexity index is 298. The second-order valence-corrected chi connectivity index (χ2v) is 3.67. The first-order chi connectivity index (χ1) is 7.20. The van der Waals surface area contributed by atoms with Gasteiger partial charge in [0.1, 0.15) is 0 Å². The zero-order chi connectivity index (χ0) is 11.1. The summed E-state index contributed by atoms with van der Waals surface area (Å²) in [5.41, 5.74) is 6.45. The minimum atomic E-state index is -0.297. The minimum Gasteiger partial charge on any atom is -0.368 e. The average molecular weight is 206 g/mol.